The van der Waals surface area contributed by atoms with Crippen LogP contribution in [0.1, 0.15) is 12.8 Å². The van der Waals surface area contributed by atoms with Crippen molar-refractivity contribution >= 4 is 5.97 Å². The zero-order valence-corrected chi connectivity index (χ0v) is 7.73. The fourth-order valence-corrected chi connectivity index (χ4v) is 1.16. The normalized spacial score (nSPS) is 21.4. The second-order valence-electron chi connectivity index (χ2n) is 3.13. The highest BCUT2D eigenvalue weighted by Gasteiger charge is 2.33. The van der Waals surface area contributed by atoms with Gasteiger partial charge in [-0.1, -0.05) is 5.92 Å². The SMILES string of the molecule is C#CC(N)(CCC1OCCO1)C(=O)O. The molecule has 1 unspecified atom stereocenters. The zero-order chi connectivity index (χ0) is 10.6. The van der Waals surface area contributed by atoms with Gasteiger partial charge in [0.1, 0.15) is 0 Å². The van der Waals surface area contributed by atoms with E-state index >= 15 is 0 Å². The summed E-state index contributed by atoms with van der Waals surface area (Å²) in [5.41, 5.74) is 3.86. The molecule has 1 fully saturated rings. The minimum Gasteiger partial charge on any atom is -0.479 e. The smallest absolute Gasteiger partial charge is 0.336 e. The summed E-state index contributed by atoms with van der Waals surface area (Å²) in [5.74, 6) is 0.873. The molecule has 0 saturated carbocycles. The van der Waals surface area contributed by atoms with Crippen LogP contribution in [0.15, 0.2) is 0 Å². The van der Waals surface area contributed by atoms with Crippen LogP contribution >= 0.6 is 0 Å². The molecular weight excluding hydrogens is 186 g/mol. The van der Waals surface area contributed by atoms with Crippen molar-refractivity contribution in [3.8, 4) is 12.3 Å². The summed E-state index contributed by atoms with van der Waals surface area (Å²) in [6, 6.07) is 0. The number of aliphatic carboxylic acids is 1. The van der Waals surface area contributed by atoms with E-state index in [2.05, 4.69) is 5.92 Å². The molecule has 1 aliphatic heterocycles. The van der Waals surface area contributed by atoms with Gasteiger partial charge in [-0.05, 0) is 6.42 Å². The fourth-order valence-electron chi connectivity index (χ4n) is 1.16. The Bertz CT molecular complexity index is 254. The maximum absolute atomic E-state index is 10.7. The Labute approximate surface area is 82.2 Å². The summed E-state index contributed by atoms with van der Waals surface area (Å²) in [6.45, 7) is 1.07. The Morgan fingerprint density at radius 3 is 2.64 bits per heavy atom. The van der Waals surface area contributed by atoms with Crippen molar-refractivity contribution in [1.29, 1.82) is 0 Å². The van der Waals surface area contributed by atoms with Gasteiger partial charge >= 0.3 is 5.97 Å². The van der Waals surface area contributed by atoms with Gasteiger partial charge in [-0.2, -0.15) is 0 Å². The minimum absolute atomic E-state index is 0.142. The molecule has 78 valence electrons. The molecule has 0 bridgehead atoms. The topological polar surface area (TPSA) is 81.8 Å². The molecule has 1 heterocycles. The Balaban J connectivity index is 2.41. The van der Waals surface area contributed by atoms with Crippen LogP contribution in [0.4, 0.5) is 0 Å². The van der Waals surface area contributed by atoms with Crippen LogP contribution in [0.5, 0.6) is 0 Å². The third-order valence-electron chi connectivity index (χ3n) is 2.10. The molecule has 0 amide bonds. The average Bonchev–Trinajstić information content (AvgIpc) is 2.66. The summed E-state index contributed by atoms with van der Waals surface area (Å²) in [6.07, 6.45) is 5.22. The van der Waals surface area contributed by atoms with Crippen molar-refractivity contribution in [2.45, 2.75) is 24.7 Å². The van der Waals surface area contributed by atoms with Gasteiger partial charge in [0.2, 0.25) is 0 Å². The van der Waals surface area contributed by atoms with E-state index in [1.165, 1.54) is 0 Å². The first-order chi connectivity index (χ1) is 6.58. The lowest BCUT2D eigenvalue weighted by atomic mass is 9.96. The number of hydrogen-bond acceptors (Lipinski definition) is 4. The first kappa shape index (κ1) is 11.0. The zero-order valence-electron chi connectivity index (χ0n) is 7.73. The quantitative estimate of drug-likeness (QED) is 0.599. The molecule has 3 N–H and O–H groups in total. The molecule has 0 radical (unpaired) electrons. The lowest BCUT2D eigenvalue weighted by Gasteiger charge is -2.19. The Kier molecular flexibility index (Phi) is 3.47. The van der Waals surface area contributed by atoms with Gasteiger partial charge in [0.25, 0.3) is 0 Å². The van der Waals surface area contributed by atoms with E-state index in [4.69, 9.17) is 26.7 Å². The molecule has 5 heteroatoms. The molecule has 0 aromatic rings. The van der Waals surface area contributed by atoms with E-state index in [9.17, 15) is 4.79 Å². The van der Waals surface area contributed by atoms with Gasteiger partial charge in [0.15, 0.2) is 11.8 Å². The van der Waals surface area contributed by atoms with E-state index in [1.807, 2.05) is 0 Å². The first-order valence-corrected chi connectivity index (χ1v) is 4.32. The summed E-state index contributed by atoms with van der Waals surface area (Å²) in [4.78, 5) is 10.7. The van der Waals surface area contributed by atoms with E-state index in [1.54, 1.807) is 0 Å². The van der Waals surface area contributed by atoms with E-state index < -0.39 is 11.5 Å². The number of nitrogens with two attached hydrogens (primary N) is 1. The van der Waals surface area contributed by atoms with Crippen molar-refractivity contribution in [3.05, 3.63) is 0 Å². The predicted molar refractivity (Wildman–Crippen MR) is 48.3 cm³/mol. The monoisotopic (exact) mass is 199 g/mol. The lowest BCUT2D eigenvalue weighted by molar-refractivity contribution is -0.141. The van der Waals surface area contributed by atoms with E-state index in [0.29, 0.717) is 19.6 Å². The van der Waals surface area contributed by atoms with E-state index in [0.717, 1.165) is 0 Å². The number of rotatable bonds is 4. The molecule has 1 atom stereocenters. The Hall–Kier alpha value is -1.09. The maximum atomic E-state index is 10.7. The third-order valence-corrected chi connectivity index (χ3v) is 2.10. The van der Waals surface area contributed by atoms with Crippen LogP contribution in [-0.2, 0) is 14.3 Å². The van der Waals surface area contributed by atoms with Crippen molar-refractivity contribution in [2.75, 3.05) is 13.2 Å². The van der Waals surface area contributed by atoms with Gasteiger partial charge in [-0.15, -0.1) is 6.42 Å². The van der Waals surface area contributed by atoms with Crippen molar-refractivity contribution in [1.82, 2.24) is 0 Å². The highest BCUT2D eigenvalue weighted by atomic mass is 16.7. The molecule has 5 nitrogen and oxygen atoms in total. The summed E-state index contributed by atoms with van der Waals surface area (Å²) >= 11 is 0. The van der Waals surface area contributed by atoms with Crippen molar-refractivity contribution in [2.24, 2.45) is 5.73 Å². The first-order valence-electron chi connectivity index (χ1n) is 4.32. The van der Waals surface area contributed by atoms with Crippen LogP contribution in [0.2, 0.25) is 0 Å². The van der Waals surface area contributed by atoms with Crippen molar-refractivity contribution < 1.29 is 19.4 Å². The molecule has 0 aliphatic carbocycles. The number of carboxylic acids is 1. The van der Waals surface area contributed by atoms with E-state index in [-0.39, 0.29) is 12.7 Å². The number of hydrogen-bond donors (Lipinski definition) is 2. The second kappa shape index (κ2) is 4.42. The van der Waals surface area contributed by atoms with Crippen LogP contribution in [0.3, 0.4) is 0 Å². The number of terminal acetylenes is 1. The molecule has 1 saturated heterocycles. The predicted octanol–water partition coefficient (Wildman–Crippen LogP) is -0.445. The summed E-state index contributed by atoms with van der Waals surface area (Å²) in [7, 11) is 0. The molecule has 0 aromatic heterocycles. The fraction of sp³-hybridized carbons (Fsp3) is 0.667. The Morgan fingerprint density at radius 2 is 2.21 bits per heavy atom. The van der Waals surface area contributed by atoms with Gasteiger partial charge in [-0.25, -0.2) is 4.79 Å². The lowest BCUT2D eigenvalue weighted by Crippen LogP contribution is -2.47. The highest BCUT2D eigenvalue weighted by molar-refractivity contribution is 5.82. The standard InChI is InChI=1S/C9H13NO4/c1-2-9(10,8(11)12)4-3-7-13-5-6-14-7/h1,7H,3-6,10H2,(H,11,12). The van der Waals surface area contributed by atoms with Gasteiger partial charge in [-0.3, -0.25) is 0 Å². The van der Waals surface area contributed by atoms with Gasteiger partial charge in [0.05, 0.1) is 13.2 Å². The Morgan fingerprint density at radius 1 is 1.64 bits per heavy atom. The van der Waals surface area contributed by atoms with Crippen LogP contribution in [-0.4, -0.2) is 36.1 Å². The second-order valence-corrected chi connectivity index (χ2v) is 3.13. The minimum atomic E-state index is -1.62. The molecule has 14 heavy (non-hydrogen) atoms. The van der Waals surface area contributed by atoms with Crippen LogP contribution in [0, 0.1) is 12.3 Å². The third kappa shape index (κ3) is 2.45. The van der Waals surface area contributed by atoms with Crippen LogP contribution < -0.4 is 5.73 Å². The number of carbonyl (C=O) groups is 1. The highest BCUT2D eigenvalue weighted by Crippen LogP contribution is 2.16. The molecular formula is C9H13NO4. The largest absolute Gasteiger partial charge is 0.479 e. The maximum Gasteiger partial charge on any atom is 0.336 e. The number of ether oxygens (including phenoxy) is 2. The summed E-state index contributed by atoms with van der Waals surface area (Å²) in [5, 5.41) is 8.76. The molecule has 1 rings (SSSR count). The summed E-state index contributed by atoms with van der Waals surface area (Å²) < 4.78 is 10.3. The van der Waals surface area contributed by atoms with Gasteiger partial charge < -0.3 is 20.3 Å². The average molecular weight is 199 g/mol. The molecule has 1 aliphatic rings. The van der Waals surface area contributed by atoms with Gasteiger partial charge in [0, 0.05) is 6.42 Å². The van der Waals surface area contributed by atoms with Crippen LogP contribution in [0.25, 0.3) is 0 Å². The van der Waals surface area contributed by atoms with Crippen molar-refractivity contribution in [3.63, 3.8) is 0 Å². The molecule has 0 spiro atoms. The number of carboxylic acid groups (broad SMARTS) is 1. The molecule has 0 aromatic carbocycles.